The number of hydrogen-bond donors (Lipinski definition) is 0. The van der Waals surface area contributed by atoms with Crippen molar-refractivity contribution in [3.8, 4) is 0 Å². The quantitative estimate of drug-likeness (QED) is 0.531. The van der Waals surface area contributed by atoms with Gasteiger partial charge < -0.3 is 0 Å². The topological polar surface area (TPSA) is 0 Å². The van der Waals surface area contributed by atoms with Gasteiger partial charge in [0.05, 0.1) is 0 Å². The monoisotopic (exact) mass is 198 g/mol. The minimum atomic E-state index is 1.22. The van der Waals surface area contributed by atoms with Gasteiger partial charge >= 0.3 is 0 Å². The van der Waals surface area contributed by atoms with Crippen LogP contribution in [0.25, 0.3) is 0 Å². The fourth-order valence-electron chi connectivity index (χ4n) is 1.000. The number of rotatable bonds is 3. The van der Waals surface area contributed by atoms with Crippen LogP contribution in [0.1, 0.15) is 18.9 Å². The summed E-state index contributed by atoms with van der Waals surface area (Å²) in [6.07, 6.45) is 1.24. The number of thioether (sulfide) groups is 1. The van der Waals surface area contributed by atoms with Gasteiger partial charge in [0, 0.05) is 4.90 Å². The first-order valence-corrected chi connectivity index (χ1v) is 5.80. The second-order valence-corrected chi connectivity index (χ2v) is 4.58. The minimum absolute atomic E-state index is 1.22. The highest BCUT2D eigenvalue weighted by Crippen LogP contribution is 2.22. The molecule has 0 aliphatic carbocycles. The van der Waals surface area contributed by atoms with Crippen LogP contribution in [-0.2, 0) is 0 Å². The maximum absolute atomic E-state index is 2.77. The van der Waals surface area contributed by atoms with Gasteiger partial charge in [-0.3, -0.25) is 0 Å². The maximum atomic E-state index is 2.77. The molecule has 2 heteroatoms. The zero-order chi connectivity index (χ0) is 8.97. The Labute approximate surface area is 81.3 Å². The number of benzene rings is 1. The van der Waals surface area contributed by atoms with E-state index in [1.54, 1.807) is 0 Å². The maximum Gasteiger partial charge on any atom is 0.0107 e. The first-order valence-electron chi connectivity index (χ1n) is 4.23. The van der Waals surface area contributed by atoms with Gasteiger partial charge in [-0.15, -0.1) is 21.0 Å². The van der Waals surface area contributed by atoms with Crippen LogP contribution in [0, 0.1) is 6.92 Å². The first-order chi connectivity index (χ1) is 5.75. The van der Waals surface area contributed by atoms with Crippen molar-refractivity contribution in [3.05, 3.63) is 23.8 Å². The van der Waals surface area contributed by atoms with Gasteiger partial charge in [-0.1, -0.05) is 19.1 Å². The van der Waals surface area contributed by atoms with Crippen LogP contribution < -0.4 is 5.30 Å². The summed E-state index contributed by atoms with van der Waals surface area (Å²) in [4.78, 5) is 1.42. The molecule has 66 valence electrons. The van der Waals surface area contributed by atoms with Gasteiger partial charge in [0.25, 0.3) is 0 Å². The van der Waals surface area contributed by atoms with E-state index in [2.05, 4.69) is 41.3 Å². The van der Waals surface area contributed by atoms with Crippen molar-refractivity contribution in [2.75, 3.05) is 5.75 Å². The first kappa shape index (κ1) is 10.1. The molecule has 12 heavy (non-hydrogen) atoms. The molecule has 0 N–H and O–H groups in total. The van der Waals surface area contributed by atoms with E-state index < -0.39 is 0 Å². The lowest BCUT2D eigenvalue weighted by Crippen LogP contribution is -1.97. The van der Waals surface area contributed by atoms with E-state index in [1.807, 2.05) is 11.8 Å². The molecule has 0 nitrogen and oxygen atoms in total. The Morgan fingerprint density at radius 1 is 1.42 bits per heavy atom. The van der Waals surface area contributed by atoms with E-state index in [-0.39, 0.29) is 0 Å². The molecule has 0 aromatic heterocycles. The molecule has 0 amide bonds. The van der Waals surface area contributed by atoms with Crippen molar-refractivity contribution in [2.24, 2.45) is 0 Å². The molecule has 0 fully saturated rings. The van der Waals surface area contributed by atoms with Crippen molar-refractivity contribution in [1.82, 2.24) is 0 Å². The molecule has 0 heterocycles. The van der Waals surface area contributed by atoms with E-state index in [4.69, 9.17) is 0 Å². The highest BCUT2D eigenvalue weighted by molar-refractivity contribution is 7.99. The largest absolute Gasteiger partial charge is 0.126 e. The van der Waals surface area contributed by atoms with E-state index >= 15 is 0 Å². The predicted molar refractivity (Wildman–Crippen MR) is 61.5 cm³/mol. The fraction of sp³-hybridized carbons (Fsp3) is 0.400. The predicted octanol–water partition coefficient (Wildman–Crippen LogP) is 3.00. The van der Waals surface area contributed by atoms with Gasteiger partial charge in [0.15, 0.2) is 0 Å². The van der Waals surface area contributed by atoms with Gasteiger partial charge in [0.2, 0.25) is 0 Å². The molecule has 1 atom stereocenters. The third-order valence-electron chi connectivity index (χ3n) is 1.79. The molecule has 0 radical (unpaired) electrons. The number of hydrogen-bond acceptors (Lipinski definition) is 1. The Kier molecular flexibility index (Phi) is 4.11. The van der Waals surface area contributed by atoms with Crippen LogP contribution in [-0.4, -0.2) is 5.75 Å². The Bertz CT molecular complexity index is 258. The molecule has 0 bridgehead atoms. The molecular weight excluding hydrogens is 183 g/mol. The standard InChI is InChI=1S/C10H15PS/c1-3-7-12-10-6-4-5-9(11)8(10)2/h4-6H,3,7,11H2,1-2H3. The van der Waals surface area contributed by atoms with E-state index in [1.165, 1.54) is 27.9 Å². The van der Waals surface area contributed by atoms with Crippen molar-refractivity contribution in [2.45, 2.75) is 25.2 Å². The summed E-state index contributed by atoms with van der Waals surface area (Å²) in [5.74, 6) is 1.22. The molecule has 0 saturated heterocycles. The molecule has 0 aliphatic heterocycles. The summed E-state index contributed by atoms with van der Waals surface area (Å²) in [5, 5.41) is 1.32. The summed E-state index contributed by atoms with van der Waals surface area (Å²) < 4.78 is 0. The van der Waals surface area contributed by atoms with Crippen molar-refractivity contribution in [3.63, 3.8) is 0 Å². The summed E-state index contributed by atoms with van der Waals surface area (Å²) in [7, 11) is 2.77. The average molecular weight is 198 g/mol. The molecule has 1 rings (SSSR count). The Morgan fingerprint density at radius 2 is 2.17 bits per heavy atom. The fourth-order valence-corrected chi connectivity index (χ4v) is 2.30. The third kappa shape index (κ3) is 2.50. The van der Waals surface area contributed by atoms with Crippen LogP contribution in [0.15, 0.2) is 23.1 Å². The zero-order valence-electron chi connectivity index (χ0n) is 7.63. The molecule has 0 spiro atoms. The smallest absolute Gasteiger partial charge is 0.0107 e. The average Bonchev–Trinajstić information content (AvgIpc) is 2.08. The molecule has 1 aromatic rings. The summed E-state index contributed by atoms with van der Waals surface area (Å²) in [5.41, 5.74) is 1.40. The van der Waals surface area contributed by atoms with Crippen molar-refractivity contribution < 1.29 is 0 Å². The molecular formula is C10H15PS. The molecule has 1 aromatic carbocycles. The summed E-state index contributed by atoms with van der Waals surface area (Å²) in [6.45, 7) is 4.40. The normalized spacial score (nSPS) is 10.2. The summed E-state index contributed by atoms with van der Waals surface area (Å²) in [6, 6.07) is 6.45. The van der Waals surface area contributed by atoms with Crippen LogP contribution in [0.5, 0.6) is 0 Å². The lowest BCUT2D eigenvalue weighted by Gasteiger charge is -2.06. The highest BCUT2D eigenvalue weighted by atomic mass is 32.2. The van der Waals surface area contributed by atoms with Crippen LogP contribution >= 0.6 is 21.0 Å². The molecule has 0 aliphatic rings. The Morgan fingerprint density at radius 3 is 2.83 bits per heavy atom. The lowest BCUT2D eigenvalue weighted by atomic mass is 10.2. The second-order valence-electron chi connectivity index (χ2n) is 2.82. The Hall–Kier alpha value is -0.0000000000000000555. The Balaban J connectivity index is 2.78. The molecule has 0 saturated carbocycles. The van der Waals surface area contributed by atoms with E-state index in [9.17, 15) is 0 Å². The van der Waals surface area contributed by atoms with E-state index in [0.717, 1.165) is 0 Å². The van der Waals surface area contributed by atoms with Gasteiger partial charge in [-0.25, -0.2) is 0 Å². The molecule has 1 unspecified atom stereocenters. The second kappa shape index (κ2) is 4.89. The van der Waals surface area contributed by atoms with Crippen LogP contribution in [0.3, 0.4) is 0 Å². The van der Waals surface area contributed by atoms with Crippen LogP contribution in [0.4, 0.5) is 0 Å². The third-order valence-corrected chi connectivity index (χ3v) is 3.78. The lowest BCUT2D eigenvalue weighted by molar-refractivity contribution is 1.10. The minimum Gasteiger partial charge on any atom is -0.126 e. The van der Waals surface area contributed by atoms with Crippen molar-refractivity contribution in [1.29, 1.82) is 0 Å². The van der Waals surface area contributed by atoms with Crippen LogP contribution in [0.2, 0.25) is 0 Å². The zero-order valence-corrected chi connectivity index (χ0v) is 9.60. The van der Waals surface area contributed by atoms with E-state index in [0.29, 0.717) is 0 Å². The van der Waals surface area contributed by atoms with Gasteiger partial charge in [-0.2, -0.15) is 0 Å². The highest BCUT2D eigenvalue weighted by Gasteiger charge is 1.99. The summed E-state index contributed by atoms with van der Waals surface area (Å²) >= 11 is 1.95. The SMILES string of the molecule is CCCSc1cccc(P)c1C. The van der Waals surface area contributed by atoms with Gasteiger partial charge in [-0.05, 0) is 36.0 Å². The van der Waals surface area contributed by atoms with Gasteiger partial charge in [0.1, 0.15) is 0 Å². The van der Waals surface area contributed by atoms with Crippen molar-refractivity contribution >= 4 is 26.3 Å².